The summed E-state index contributed by atoms with van der Waals surface area (Å²) < 4.78 is 37.7. The molecule has 168 valence electrons. The first-order valence-corrected chi connectivity index (χ1v) is 11.3. The first-order chi connectivity index (χ1) is 15.3. The number of H-pyrrole nitrogens is 1. The Morgan fingerprint density at radius 2 is 1.97 bits per heavy atom. The number of esters is 1. The molecule has 1 fully saturated rings. The van der Waals surface area contributed by atoms with E-state index in [1.54, 1.807) is 19.1 Å². The number of nitrogens with one attached hydrogen (secondary N) is 1. The van der Waals surface area contributed by atoms with Crippen LogP contribution in [0.3, 0.4) is 0 Å². The standard InChI is InChI=1S/C20H21N5O6S/c1-12-21-11-15(18(26)22-12)17-23-19(31-24-17)13-7-9-25(10-8-13)32(28,29)16-6-4-3-5-14(16)20(27)30-2/h3-6,11,13H,7-10H2,1-2H3,(H,21,22,26). The average molecular weight is 459 g/mol. The molecule has 1 N–H and O–H groups in total. The van der Waals surface area contributed by atoms with E-state index < -0.39 is 16.0 Å². The number of piperidine rings is 1. The predicted octanol–water partition coefficient (Wildman–Crippen LogP) is 1.48. The van der Waals surface area contributed by atoms with Crippen molar-refractivity contribution in [3.8, 4) is 11.4 Å². The number of aryl methyl sites for hydroxylation is 1. The minimum Gasteiger partial charge on any atom is -0.465 e. The quantitative estimate of drug-likeness (QED) is 0.560. The number of hydrogen-bond acceptors (Lipinski definition) is 9. The van der Waals surface area contributed by atoms with Crippen LogP contribution in [0.5, 0.6) is 0 Å². The number of methoxy groups -OCH3 is 1. The molecular formula is C20H21N5O6S. The molecule has 0 spiro atoms. The van der Waals surface area contributed by atoms with E-state index in [1.165, 1.54) is 29.7 Å². The number of rotatable bonds is 5. The number of ether oxygens (including phenoxy) is 1. The van der Waals surface area contributed by atoms with Crippen molar-refractivity contribution in [2.45, 2.75) is 30.6 Å². The van der Waals surface area contributed by atoms with Crippen LogP contribution in [-0.4, -0.2) is 59.0 Å². The molecule has 0 unspecified atom stereocenters. The molecule has 0 radical (unpaired) electrons. The highest BCUT2D eigenvalue weighted by Crippen LogP contribution is 2.31. The maximum Gasteiger partial charge on any atom is 0.339 e. The molecule has 32 heavy (non-hydrogen) atoms. The summed E-state index contributed by atoms with van der Waals surface area (Å²) in [6.07, 6.45) is 2.28. The summed E-state index contributed by atoms with van der Waals surface area (Å²) in [4.78, 5) is 35.0. The third kappa shape index (κ3) is 4.06. The van der Waals surface area contributed by atoms with Gasteiger partial charge in [-0.3, -0.25) is 4.79 Å². The van der Waals surface area contributed by atoms with Crippen LogP contribution in [0.15, 0.2) is 44.7 Å². The fourth-order valence-corrected chi connectivity index (χ4v) is 5.26. The molecule has 12 heteroatoms. The third-order valence-electron chi connectivity index (χ3n) is 5.32. The van der Waals surface area contributed by atoms with Gasteiger partial charge >= 0.3 is 5.97 Å². The van der Waals surface area contributed by atoms with Gasteiger partial charge in [0.05, 0.1) is 17.6 Å². The fraction of sp³-hybridized carbons (Fsp3) is 0.350. The summed E-state index contributed by atoms with van der Waals surface area (Å²) in [5, 5.41) is 3.88. The summed E-state index contributed by atoms with van der Waals surface area (Å²) in [5.41, 5.74) is -0.171. The number of sulfonamides is 1. The molecule has 1 aromatic carbocycles. The van der Waals surface area contributed by atoms with Crippen molar-refractivity contribution in [1.29, 1.82) is 0 Å². The van der Waals surface area contributed by atoms with Crippen molar-refractivity contribution >= 4 is 16.0 Å². The highest BCUT2D eigenvalue weighted by molar-refractivity contribution is 7.89. The Labute approximate surface area is 183 Å². The second-order valence-corrected chi connectivity index (χ2v) is 9.24. The minimum atomic E-state index is -3.89. The molecule has 1 aliphatic rings. The number of nitrogens with zero attached hydrogens (tertiary/aromatic N) is 4. The van der Waals surface area contributed by atoms with Gasteiger partial charge < -0.3 is 14.2 Å². The fourth-order valence-electron chi connectivity index (χ4n) is 3.61. The van der Waals surface area contributed by atoms with Crippen molar-refractivity contribution in [2.24, 2.45) is 0 Å². The van der Waals surface area contributed by atoms with Gasteiger partial charge in [-0.15, -0.1) is 0 Å². The Morgan fingerprint density at radius 1 is 1.25 bits per heavy atom. The molecule has 0 bridgehead atoms. The van der Waals surface area contributed by atoms with E-state index in [0.717, 1.165) is 0 Å². The van der Waals surface area contributed by atoms with Crippen LogP contribution >= 0.6 is 0 Å². The molecule has 1 saturated heterocycles. The van der Waals surface area contributed by atoms with E-state index in [-0.39, 0.29) is 46.4 Å². The number of aromatic amines is 1. The van der Waals surface area contributed by atoms with Crippen molar-refractivity contribution in [1.82, 2.24) is 24.4 Å². The van der Waals surface area contributed by atoms with E-state index in [9.17, 15) is 18.0 Å². The third-order valence-corrected chi connectivity index (χ3v) is 7.28. The summed E-state index contributed by atoms with van der Waals surface area (Å²) in [5.74, 6) is 0.0849. The van der Waals surface area contributed by atoms with Crippen LogP contribution in [0, 0.1) is 6.92 Å². The van der Waals surface area contributed by atoms with E-state index in [2.05, 4.69) is 20.1 Å². The van der Waals surface area contributed by atoms with Crippen molar-refractivity contribution in [3.63, 3.8) is 0 Å². The Morgan fingerprint density at radius 3 is 2.66 bits per heavy atom. The topological polar surface area (TPSA) is 148 Å². The highest BCUT2D eigenvalue weighted by atomic mass is 32.2. The lowest BCUT2D eigenvalue weighted by Gasteiger charge is -2.30. The molecule has 0 atom stereocenters. The summed E-state index contributed by atoms with van der Waals surface area (Å²) in [6.45, 7) is 2.10. The Balaban J connectivity index is 1.50. The second kappa shape index (κ2) is 8.63. The molecule has 11 nitrogen and oxygen atoms in total. The Bertz CT molecular complexity index is 1310. The Kier molecular flexibility index (Phi) is 5.89. The number of hydrogen-bond donors (Lipinski definition) is 1. The van der Waals surface area contributed by atoms with Gasteiger partial charge in [-0.25, -0.2) is 18.2 Å². The van der Waals surface area contributed by atoms with Crippen LogP contribution in [0.1, 0.15) is 40.8 Å². The first-order valence-electron chi connectivity index (χ1n) is 9.88. The molecule has 3 aromatic rings. The van der Waals surface area contributed by atoms with Gasteiger partial charge in [-0.1, -0.05) is 17.3 Å². The number of benzene rings is 1. The lowest BCUT2D eigenvalue weighted by Crippen LogP contribution is -2.38. The zero-order valence-corrected chi connectivity index (χ0v) is 18.3. The van der Waals surface area contributed by atoms with Crippen molar-refractivity contribution in [3.05, 3.63) is 58.1 Å². The summed E-state index contributed by atoms with van der Waals surface area (Å²) >= 11 is 0. The molecular weight excluding hydrogens is 438 g/mol. The SMILES string of the molecule is COC(=O)c1ccccc1S(=O)(=O)N1CCC(c2nc(-c3cnc(C)[nH]c3=O)no2)CC1. The second-order valence-electron chi connectivity index (χ2n) is 7.33. The van der Waals surface area contributed by atoms with Gasteiger partial charge in [0.15, 0.2) is 0 Å². The molecule has 0 amide bonds. The van der Waals surface area contributed by atoms with Gasteiger partial charge in [0.2, 0.25) is 21.7 Å². The molecule has 1 aliphatic heterocycles. The predicted molar refractivity (Wildman–Crippen MR) is 111 cm³/mol. The van der Waals surface area contributed by atoms with Crippen LogP contribution < -0.4 is 5.56 Å². The zero-order valence-electron chi connectivity index (χ0n) is 17.4. The maximum absolute atomic E-state index is 13.1. The molecule has 4 rings (SSSR count). The molecule has 0 aliphatic carbocycles. The van der Waals surface area contributed by atoms with Crippen LogP contribution in [0.25, 0.3) is 11.4 Å². The normalized spacial score (nSPS) is 15.6. The van der Waals surface area contributed by atoms with Crippen molar-refractivity contribution < 1.29 is 22.5 Å². The number of carbonyl (C=O) groups is 1. The molecule has 3 heterocycles. The first kappa shape index (κ1) is 21.8. The summed E-state index contributed by atoms with van der Waals surface area (Å²) in [6, 6.07) is 5.96. The van der Waals surface area contributed by atoms with Crippen LogP contribution in [0.2, 0.25) is 0 Å². The van der Waals surface area contributed by atoms with E-state index in [4.69, 9.17) is 9.26 Å². The number of carbonyl (C=O) groups excluding carboxylic acids is 1. The van der Waals surface area contributed by atoms with E-state index in [1.807, 2.05) is 0 Å². The smallest absolute Gasteiger partial charge is 0.339 e. The zero-order chi connectivity index (χ0) is 22.9. The van der Waals surface area contributed by atoms with Crippen LogP contribution in [-0.2, 0) is 14.8 Å². The average Bonchev–Trinajstić information content (AvgIpc) is 3.28. The van der Waals surface area contributed by atoms with Gasteiger partial charge in [0.1, 0.15) is 11.4 Å². The largest absolute Gasteiger partial charge is 0.465 e. The summed E-state index contributed by atoms with van der Waals surface area (Å²) in [7, 11) is -2.68. The maximum atomic E-state index is 13.1. The lowest BCUT2D eigenvalue weighted by atomic mass is 9.98. The molecule has 0 saturated carbocycles. The van der Waals surface area contributed by atoms with Gasteiger partial charge in [0, 0.05) is 25.2 Å². The number of aromatic nitrogens is 4. The minimum absolute atomic E-state index is 0.00408. The monoisotopic (exact) mass is 459 g/mol. The highest BCUT2D eigenvalue weighted by Gasteiger charge is 2.34. The molecule has 2 aromatic heterocycles. The van der Waals surface area contributed by atoms with Gasteiger partial charge in [-0.2, -0.15) is 9.29 Å². The Hall–Kier alpha value is -3.38. The van der Waals surface area contributed by atoms with Gasteiger partial charge in [0.25, 0.3) is 5.56 Å². The van der Waals surface area contributed by atoms with Crippen molar-refractivity contribution in [2.75, 3.05) is 20.2 Å². The van der Waals surface area contributed by atoms with E-state index in [0.29, 0.717) is 24.6 Å². The van der Waals surface area contributed by atoms with E-state index >= 15 is 0 Å². The van der Waals surface area contributed by atoms with Gasteiger partial charge in [-0.05, 0) is 31.9 Å². The lowest BCUT2D eigenvalue weighted by molar-refractivity contribution is 0.0596. The van der Waals surface area contributed by atoms with Crippen LogP contribution in [0.4, 0.5) is 0 Å².